The topological polar surface area (TPSA) is 69.4 Å². The fourth-order valence-corrected chi connectivity index (χ4v) is 3.88. The Hall–Kier alpha value is -3.56. The van der Waals surface area contributed by atoms with Crippen LogP contribution in [0.25, 0.3) is 5.69 Å². The SMILES string of the molecule is Cc1ccccc1-n1nc(N2CCC(Oc3ccccc3C(F)(F)F)CC2)c(=O)n(C)c1=O. The van der Waals surface area contributed by atoms with Gasteiger partial charge in [-0.15, -0.1) is 5.10 Å². The normalized spacial score (nSPS) is 15.0. The molecule has 1 aliphatic rings. The van der Waals surface area contributed by atoms with Crippen LogP contribution in [-0.4, -0.2) is 33.5 Å². The number of para-hydroxylation sites is 2. The second-order valence-corrected chi connectivity index (χ2v) is 7.97. The number of piperidine rings is 1. The molecule has 0 aliphatic carbocycles. The van der Waals surface area contributed by atoms with Crippen LogP contribution in [0.1, 0.15) is 24.0 Å². The minimum atomic E-state index is -4.50. The molecule has 1 aliphatic heterocycles. The summed E-state index contributed by atoms with van der Waals surface area (Å²) in [6.07, 6.45) is -4.13. The van der Waals surface area contributed by atoms with Crippen LogP contribution in [0.4, 0.5) is 19.0 Å². The fraction of sp³-hybridized carbons (Fsp3) is 0.348. The van der Waals surface area contributed by atoms with Crippen LogP contribution in [0.15, 0.2) is 58.1 Å². The molecule has 7 nitrogen and oxygen atoms in total. The van der Waals surface area contributed by atoms with E-state index in [2.05, 4.69) is 5.10 Å². The molecule has 0 radical (unpaired) electrons. The molecule has 3 aromatic rings. The average molecular weight is 460 g/mol. The molecule has 1 fully saturated rings. The van der Waals surface area contributed by atoms with E-state index in [0.717, 1.165) is 16.2 Å². The van der Waals surface area contributed by atoms with E-state index in [1.54, 1.807) is 17.0 Å². The molecule has 2 heterocycles. The molecule has 0 N–H and O–H groups in total. The molecular weight excluding hydrogens is 437 g/mol. The van der Waals surface area contributed by atoms with Crippen molar-refractivity contribution < 1.29 is 17.9 Å². The van der Waals surface area contributed by atoms with Gasteiger partial charge in [0, 0.05) is 33.0 Å². The fourth-order valence-electron chi connectivity index (χ4n) is 3.88. The van der Waals surface area contributed by atoms with Gasteiger partial charge in [0.2, 0.25) is 5.82 Å². The van der Waals surface area contributed by atoms with E-state index >= 15 is 0 Å². The zero-order chi connectivity index (χ0) is 23.8. The predicted octanol–water partition coefficient (Wildman–Crippen LogP) is 3.31. The van der Waals surface area contributed by atoms with Crippen LogP contribution in [0.2, 0.25) is 0 Å². The van der Waals surface area contributed by atoms with Gasteiger partial charge in [0.25, 0.3) is 5.56 Å². The monoisotopic (exact) mass is 460 g/mol. The van der Waals surface area contributed by atoms with Gasteiger partial charge in [-0.05, 0) is 30.7 Å². The summed E-state index contributed by atoms with van der Waals surface area (Å²) in [5.74, 6) is -0.0833. The Balaban J connectivity index is 1.56. The van der Waals surface area contributed by atoms with Crippen LogP contribution in [0.5, 0.6) is 5.75 Å². The molecule has 2 aromatic carbocycles. The van der Waals surface area contributed by atoms with E-state index in [1.807, 2.05) is 19.1 Å². The van der Waals surface area contributed by atoms with E-state index in [4.69, 9.17) is 4.74 Å². The molecule has 4 rings (SSSR count). The number of nitrogens with zero attached hydrogens (tertiary/aromatic N) is 4. The van der Waals surface area contributed by atoms with Crippen molar-refractivity contribution in [3.8, 4) is 11.4 Å². The smallest absolute Gasteiger partial charge is 0.419 e. The number of benzene rings is 2. The van der Waals surface area contributed by atoms with Crippen LogP contribution < -0.4 is 20.9 Å². The zero-order valence-electron chi connectivity index (χ0n) is 18.2. The van der Waals surface area contributed by atoms with E-state index < -0.39 is 29.1 Å². The minimum Gasteiger partial charge on any atom is -0.490 e. The van der Waals surface area contributed by atoms with Gasteiger partial charge in [0.1, 0.15) is 11.9 Å². The summed E-state index contributed by atoms with van der Waals surface area (Å²) in [5.41, 5.74) is -0.492. The summed E-state index contributed by atoms with van der Waals surface area (Å²) in [6, 6.07) is 12.3. The van der Waals surface area contributed by atoms with Crippen molar-refractivity contribution in [2.24, 2.45) is 7.05 Å². The molecule has 0 atom stereocenters. The number of alkyl halides is 3. The van der Waals surface area contributed by atoms with E-state index in [-0.39, 0.29) is 11.6 Å². The lowest BCUT2D eigenvalue weighted by molar-refractivity contribution is -0.139. The third-order valence-electron chi connectivity index (χ3n) is 5.73. The molecule has 0 amide bonds. The molecule has 0 unspecified atom stereocenters. The second-order valence-electron chi connectivity index (χ2n) is 7.97. The number of halogens is 3. The predicted molar refractivity (Wildman–Crippen MR) is 117 cm³/mol. The maximum atomic E-state index is 13.2. The molecule has 1 saturated heterocycles. The molecule has 0 bridgehead atoms. The Morgan fingerprint density at radius 2 is 1.64 bits per heavy atom. The summed E-state index contributed by atoms with van der Waals surface area (Å²) < 4.78 is 47.6. The number of hydrogen-bond donors (Lipinski definition) is 0. The van der Waals surface area contributed by atoms with Crippen molar-refractivity contribution in [2.75, 3.05) is 18.0 Å². The third kappa shape index (κ3) is 4.50. The van der Waals surface area contributed by atoms with Gasteiger partial charge in [-0.25, -0.2) is 4.79 Å². The van der Waals surface area contributed by atoms with Gasteiger partial charge in [0.05, 0.1) is 11.3 Å². The highest BCUT2D eigenvalue weighted by molar-refractivity contribution is 5.42. The Morgan fingerprint density at radius 1 is 1.00 bits per heavy atom. The molecule has 0 spiro atoms. The van der Waals surface area contributed by atoms with Crippen molar-refractivity contribution in [3.63, 3.8) is 0 Å². The summed E-state index contributed by atoms with van der Waals surface area (Å²) >= 11 is 0. The largest absolute Gasteiger partial charge is 0.490 e. The first kappa shape index (κ1) is 22.6. The molecule has 33 heavy (non-hydrogen) atoms. The average Bonchev–Trinajstić information content (AvgIpc) is 2.79. The highest BCUT2D eigenvalue weighted by Crippen LogP contribution is 2.37. The summed E-state index contributed by atoms with van der Waals surface area (Å²) in [7, 11) is 1.40. The van der Waals surface area contributed by atoms with Gasteiger partial charge in [-0.2, -0.15) is 17.9 Å². The summed E-state index contributed by atoms with van der Waals surface area (Å²) in [5, 5.41) is 4.35. The van der Waals surface area contributed by atoms with Gasteiger partial charge in [-0.3, -0.25) is 9.36 Å². The van der Waals surface area contributed by atoms with Crippen LogP contribution in [0, 0.1) is 6.92 Å². The number of rotatable bonds is 4. The van der Waals surface area contributed by atoms with Crippen LogP contribution >= 0.6 is 0 Å². The maximum absolute atomic E-state index is 13.2. The second kappa shape index (κ2) is 8.76. The van der Waals surface area contributed by atoms with Crippen molar-refractivity contribution in [1.82, 2.24) is 14.3 Å². The molecule has 1 aromatic heterocycles. The lowest BCUT2D eigenvalue weighted by Gasteiger charge is -2.33. The van der Waals surface area contributed by atoms with Crippen molar-refractivity contribution in [3.05, 3.63) is 80.5 Å². The number of anilines is 1. The number of hydrogen-bond acceptors (Lipinski definition) is 5. The summed E-state index contributed by atoms with van der Waals surface area (Å²) in [6.45, 7) is 2.55. The van der Waals surface area contributed by atoms with E-state index in [9.17, 15) is 22.8 Å². The quantitative estimate of drug-likeness (QED) is 0.598. The third-order valence-corrected chi connectivity index (χ3v) is 5.73. The molecular formula is C23H23F3N4O3. The lowest BCUT2D eigenvalue weighted by atomic mass is 10.1. The van der Waals surface area contributed by atoms with Crippen LogP contribution in [0.3, 0.4) is 0 Å². The van der Waals surface area contributed by atoms with Gasteiger partial charge < -0.3 is 9.64 Å². The first-order valence-corrected chi connectivity index (χ1v) is 10.5. The molecule has 0 saturated carbocycles. The van der Waals surface area contributed by atoms with Crippen molar-refractivity contribution in [1.29, 1.82) is 0 Å². The summed E-state index contributed by atoms with van der Waals surface area (Å²) in [4.78, 5) is 27.2. The van der Waals surface area contributed by atoms with Gasteiger partial charge in [-0.1, -0.05) is 30.3 Å². The zero-order valence-corrected chi connectivity index (χ0v) is 18.2. The first-order valence-electron chi connectivity index (χ1n) is 10.5. The Bertz CT molecular complexity index is 1270. The van der Waals surface area contributed by atoms with E-state index in [0.29, 0.717) is 31.6 Å². The van der Waals surface area contributed by atoms with Crippen molar-refractivity contribution >= 4 is 5.82 Å². The Morgan fingerprint density at radius 3 is 2.30 bits per heavy atom. The standard InChI is InChI=1S/C23H23F3N4O3/c1-15-7-3-5-9-18(15)30-22(32)28(2)21(31)20(27-30)29-13-11-16(12-14-29)33-19-10-6-4-8-17(19)23(24,25)26/h3-10,16H,11-14H2,1-2H3. The van der Waals surface area contributed by atoms with E-state index in [1.165, 1.54) is 29.9 Å². The maximum Gasteiger partial charge on any atom is 0.419 e. The number of aryl methyl sites for hydroxylation is 1. The van der Waals surface area contributed by atoms with Gasteiger partial charge >= 0.3 is 11.9 Å². The molecule has 174 valence electrons. The highest BCUT2D eigenvalue weighted by Gasteiger charge is 2.35. The Kier molecular flexibility index (Phi) is 6.01. The Labute approximate surface area is 187 Å². The number of ether oxygens (including phenoxy) is 1. The van der Waals surface area contributed by atoms with Gasteiger partial charge in [0.15, 0.2) is 0 Å². The lowest BCUT2D eigenvalue weighted by Crippen LogP contribution is -2.46. The molecule has 10 heteroatoms. The minimum absolute atomic E-state index is 0.120. The highest BCUT2D eigenvalue weighted by atomic mass is 19.4. The van der Waals surface area contributed by atoms with Crippen LogP contribution in [-0.2, 0) is 13.2 Å². The van der Waals surface area contributed by atoms with Crippen molar-refractivity contribution in [2.45, 2.75) is 32.0 Å². The number of aromatic nitrogens is 3. The first-order chi connectivity index (χ1) is 15.7.